The van der Waals surface area contributed by atoms with E-state index in [0.29, 0.717) is 13.0 Å². The first-order valence-corrected chi connectivity index (χ1v) is 17.2. The van der Waals surface area contributed by atoms with Crippen LogP contribution in [0, 0.1) is 11.8 Å². The van der Waals surface area contributed by atoms with E-state index < -0.39 is 75.2 Å². The quantitative estimate of drug-likeness (QED) is 0.175. The third-order valence-electron chi connectivity index (χ3n) is 7.22. The van der Waals surface area contributed by atoms with Crippen molar-refractivity contribution in [3.05, 3.63) is 0 Å². The molecule has 3 aliphatic rings. The molecule has 0 aromatic rings. The molecule has 0 spiro atoms. The first kappa shape index (κ1) is 30.8. The molecule has 2 aliphatic heterocycles. The molecule has 3 fully saturated rings. The van der Waals surface area contributed by atoms with Gasteiger partial charge in [-0.25, -0.2) is 0 Å². The molecule has 3 rings (SSSR count). The molecule has 206 valence electrons. The van der Waals surface area contributed by atoms with E-state index in [-0.39, 0.29) is 18.1 Å². The summed E-state index contributed by atoms with van der Waals surface area (Å²) in [4.78, 5) is 0. The zero-order valence-electron chi connectivity index (χ0n) is 20.2. The van der Waals surface area contributed by atoms with E-state index in [0.717, 1.165) is 12.8 Å². The van der Waals surface area contributed by atoms with Gasteiger partial charge >= 0.3 is 0 Å². The van der Waals surface area contributed by atoms with E-state index in [4.69, 9.17) is 24.7 Å². The van der Waals surface area contributed by atoms with Gasteiger partial charge in [0.15, 0.2) is 12.6 Å². The zero-order chi connectivity index (χ0) is 25.9. The lowest BCUT2D eigenvalue weighted by Gasteiger charge is -2.48. The minimum absolute atomic E-state index is 0.00449. The first-order chi connectivity index (χ1) is 16.6. The Hall–Kier alpha value is 1.28. The van der Waals surface area contributed by atoms with Gasteiger partial charge in [-0.1, -0.05) is 41.1 Å². The van der Waals surface area contributed by atoms with Crippen LogP contribution in [0.25, 0.3) is 0 Å². The summed E-state index contributed by atoms with van der Waals surface area (Å²) in [6.45, 7) is 3.98. The zero-order valence-corrected chi connectivity index (χ0v) is 24.6. The summed E-state index contributed by atoms with van der Waals surface area (Å²) in [5.41, 5.74) is 6.45. The Morgan fingerprint density at radius 1 is 1.00 bits per heavy atom. The van der Waals surface area contributed by atoms with Crippen molar-refractivity contribution in [3.63, 3.8) is 0 Å². The normalized spacial score (nSPS) is 47.2. The third kappa shape index (κ3) is 7.69. The van der Waals surface area contributed by atoms with Gasteiger partial charge in [0.05, 0.1) is 18.8 Å². The van der Waals surface area contributed by atoms with Crippen LogP contribution in [0.2, 0.25) is 0 Å². The molecule has 1 aliphatic carbocycles. The maximum Gasteiger partial charge on any atom is 0.184 e. The molecule has 16 atom stereocenters. The largest absolute Gasteiger partial charge is 0.394 e. The average Bonchev–Trinajstić information content (AvgIpc) is 2.80. The molecule has 0 aromatic carbocycles. The summed E-state index contributed by atoms with van der Waals surface area (Å²) >= 11 is 0. The number of hydrogen-bond acceptors (Lipinski definition) is 11. The fourth-order valence-electron chi connectivity index (χ4n) is 5.03. The van der Waals surface area contributed by atoms with Crippen LogP contribution in [0.3, 0.4) is 0 Å². The summed E-state index contributed by atoms with van der Waals surface area (Å²) in [6.07, 6.45) is -5.17. The number of nitrogens with one attached hydrogen (secondary N) is 2. The molecule has 35 heavy (non-hydrogen) atoms. The van der Waals surface area contributed by atoms with Crippen molar-refractivity contribution in [2.75, 3.05) is 13.2 Å². The number of rotatable bonds is 9. The molecule has 0 radical (unpaired) electrons. The van der Waals surface area contributed by atoms with E-state index in [1.54, 1.807) is 6.92 Å². The van der Waals surface area contributed by atoms with Crippen molar-refractivity contribution in [2.24, 2.45) is 17.6 Å². The van der Waals surface area contributed by atoms with Gasteiger partial charge in [0, 0.05) is 30.5 Å². The Kier molecular flexibility index (Phi) is 12.4. The minimum Gasteiger partial charge on any atom is -0.394 e. The lowest BCUT2D eigenvalue weighted by atomic mass is 9.84. The molecule has 11 nitrogen and oxygen atoms in total. The molecule has 15 heteroatoms. The van der Waals surface area contributed by atoms with E-state index in [2.05, 4.69) is 44.3 Å². The first-order valence-electron chi connectivity index (χ1n) is 12.1. The van der Waals surface area contributed by atoms with Crippen LogP contribution < -0.4 is 15.9 Å². The molecule has 0 amide bonds. The number of ether oxygens (including phenoxy) is 4. The van der Waals surface area contributed by atoms with Crippen molar-refractivity contribution in [3.8, 4) is 0 Å². The van der Waals surface area contributed by atoms with Crippen LogP contribution in [0.15, 0.2) is 0 Å². The summed E-state index contributed by atoms with van der Waals surface area (Å²) < 4.78 is 24.3. The highest BCUT2D eigenvalue weighted by molar-refractivity contribution is 8.42. The van der Waals surface area contributed by atoms with Crippen molar-refractivity contribution >= 4 is 34.7 Å². The predicted molar refractivity (Wildman–Crippen MR) is 143 cm³/mol. The fourth-order valence-corrected chi connectivity index (χ4v) is 7.08. The number of aliphatic hydroxyl groups excluding tert-OH is 4. The molecule has 2 saturated heterocycles. The molecule has 0 aromatic heterocycles. The SMILES string of the molecule is CC1CCC(CNP)OC1OC1C(NP(P)P)CC(N)C(OC2OC(CO)C(O)C(C)C2O)C1O. The van der Waals surface area contributed by atoms with Crippen molar-refractivity contribution in [2.45, 2.75) is 101 Å². The van der Waals surface area contributed by atoms with Gasteiger partial charge in [-0.15, -0.1) is 0 Å². The summed E-state index contributed by atoms with van der Waals surface area (Å²) in [7, 11) is 7.23. The second-order valence-electron chi connectivity index (χ2n) is 9.89. The number of hydrogen-bond donors (Lipinski definition) is 7. The monoisotopic (exact) mass is 577 g/mol. The number of nitrogens with two attached hydrogens (primary N) is 1. The van der Waals surface area contributed by atoms with Gasteiger partial charge in [0.25, 0.3) is 0 Å². The Morgan fingerprint density at radius 3 is 2.31 bits per heavy atom. The molecular formula is C20H43N3O8P4. The lowest BCUT2D eigenvalue weighted by molar-refractivity contribution is -0.322. The Balaban J connectivity index is 1.76. The van der Waals surface area contributed by atoms with Gasteiger partial charge in [0.2, 0.25) is 0 Å². The molecule has 0 bridgehead atoms. The smallest absolute Gasteiger partial charge is 0.184 e. The van der Waals surface area contributed by atoms with E-state index in [1.165, 1.54) is 0 Å². The fraction of sp³-hybridized carbons (Fsp3) is 1.00. The second kappa shape index (κ2) is 14.1. The van der Waals surface area contributed by atoms with Crippen LogP contribution in [0.1, 0.15) is 33.1 Å². The molecule has 8 N–H and O–H groups in total. The van der Waals surface area contributed by atoms with Gasteiger partial charge in [0.1, 0.15) is 30.5 Å². The second-order valence-corrected chi connectivity index (χ2v) is 16.5. The van der Waals surface area contributed by atoms with Crippen LogP contribution in [-0.4, -0.2) is 101 Å². The molecular weight excluding hydrogens is 534 g/mol. The van der Waals surface area contributed by atoms with Crippen LogP contribution in [-0.2, 0) is 18.9 Å². The standard InChI is InChI=1S/C20H43N3O8P4/c1-8-3-4-10(6-22-32)28-19(8)31-18-12(23-35(33)34)5-11(21)17(16(18)27)30-20-15(26)9(2)14(25)13(7-24)29-20/h8-20,22-27H,3-7,21,32-34H2,1-2H3. The maximum atomic E-state index is 11.4. The highest BCUT2D eigenvalue weighted by Crippen LogP contribution is 2.50. The molecule has 2 heterocycles. The van der Waals surface area contributed by atoms with Crippen LogP contribution >= 0.6 is 34.7 Å². The van der Waals surface area contributed by atoms with Gasteiger partial charge in [-0.05, 0) is 26.7 Å². The summed E-state index contributed by atoms with van der Waals surface area (Å²) in [5, 5.41) is 48.4. The topological polar surface area (TPSA) is 168 Å². The highest BCUT2D eigenvalue weighted by Gasteiger charge is 2.50. The molecule has 1 saturated carbocycles. The van der Waals surface area contributed by atoms with Crippen molar-refractivity contribution in [1.29, 1.82) is 0 Å². The van der Waals surface area contributed by atoms with Crippen LogP contribution in [0.4, 0.5) is 0 Å². The average molecular weight is 577 g/mol. The van der Waals surface area contributed by atoms with E-state index in [9.17, 15) is 20.4 Å². The van der Waals surface area contributed by atoms with Crippen molar-refractivity contribution < 1.29 is 39.4 Å². The van der Waals surface area contributed by atoms with Crippen molar-refractivity contribution in [1.82, 2.24) is 10.2 Å². The highest BCUT2D eigenvalue weighted by atomic mass is 32.4. The summed E-state index contributed by atoms with van der Waals surface area (Å²) in [6, 6.07) is -0.822. The molecule has 16 unspecified atom stereocenters. The lowest BCUT2D eigenvalue weighted by Crippen LogP contribution is -2.66. The minimum atomic E-state index is -1.16. The van der Waals surface area contributed by atoms with E-state index >= 15 is 0 Å². The Morgan fingerprint density at radius 2 is 1.69 bits per heavy atom. The predicted octanol–water partition coefficient (Wildman–Crippen LogP) is -0.620. The van der Waals surface area contributed by atoms with Crippen LogP contribution in [0.5, 0.6) is 0 Å². The van der Waals surface area contributed by atoms with Gasteiger partial charge in [-0.3, -0.25) is 10.2 Å². The Labute approximate surface area is 215 Å². The van der Waals surface area contributed by atoms with E-state index in [1.807, 2.05) is 0 Å². The third-order valence-corrected chi connectivity index (χ3v) is 8.98. The Bertz CT molecular complexity index is 659. The summed E-state index contributed by atoms with van der Waals surface area (Å²) in [5.74, 6) is -0.455. The van der Waals surface area contributed by atoms with Gasteiger partial charge in [-0.2, -0.15) is 0 Å². The van der Waals surface area contributed by atoms with Gasteiger partial charge < -0.3 is 45.1 Å². The maximum absolute atomic E-state index is 11.4. The number of aliphatic hydroxyl groups is 4.